The van der Waals surface area contributed by atoms with Crippen LogP contribution in [0.4, 0.5) is 0 Å². The van der Waals surface area contributed by atoms with Gasteiger partial charge in [-0.25, -0.2) is 0 Å². The van der Waals surface area contributed by atoms with E-state index < -0.39 is 0 Å². The van der Waals surface area contributed by atoms with Crippen molar-refractivity contribution in [3.63, 3.8) is 0 Å². The van der Waals surface area contributed by atoms with Crippen molar-refractivity contribution in [3.05, 3.63) is 29.7 Å². The Morgan fingerprint density at radius 3 is 2.96 bits per heavy atom. The molecule has 2 aromatic rings. The van der Waals surface area contributed by atoms with E-state index in [1.807, 2.05) is 9.47 Å². The number of likely N-dealkylation sites (tertiary alicyclic amines) is 2. The summed E-state index contributed by atoms with van der Waals surface area (Å²) in [5, 5.41) is 12.0. The molecular formula is C17H22N6O3. The Morgan fingerprint density at radius 2 is 2.23 bits per heavy atom. The maximum atomic E-state index is 12.7. The van der Waals surface area contributed by atoms with Crippen molar-refractivity contribution in [1.29, 1.82) is 0 Å². The van der Waals surface area contributed by atoms with Gasteiger partial charge in [0.2, 0.25) is 5.91 Å². The molecule has 0 radical (unpaired) electrons. The molecule has 2 aliphatic rings. The quantitative estimate of drug-likeness (QED) is 0.791. The summed E-state index contributed by atoms with van der Waals surface area (Å²) < 4.78 is 7.00. The van der Waals surface area contributed by atoms with Crippen molar-refractivity contribution in [3.8, 4) is 0 Å². The molecule has 9 nitrogen and oxygen atoms in total. The van der Waals surface area contributed by atoms with Crippen molar-refractivity contribution in [2.45, 2.75) is 58.3 Å². The van der Waals surface area contributed by atoms with Gasteiger partial charge in [-0.2, -0.15) is 0 Å². The minimum Gasteiger partial charge on any atom is -0.361 e. The lowest BCUT2D eigenvalue weighted by Crippen LogP contribution is -2.40. The smallest absolute Gasteiger partial charge is 0.276 e. The van der Waals surface area contributed by atoms with Crippen molar-refractivity contribution in [2.75, 3.05) is 6.54 Å². The molecule has 0 bridgehead atoms. The molecule has 138 valence electrons. The predicted molar refractivity (Wildman–Crippen MR) is 89.9 cm³/mol. The van der Waals surface area contributed by atoms with Crippen LogP contribution in [-0.4, -0.2) is 60.2 Å². The van der Waals surface area contributed by atoms with Gasteiger partial charge in [0.1, 0.15) is 12.1 Å². The van der Waals surface area contributed by atoms with Gasteiger partial charge in [-0.1, -0.05) is 12.1 Å². The minimum atomic E-state index is -0.168. The monoisotopic (exact) mass is 358 g/mol. The Morgan fingerprint density at radius 1 is 1.38 bits per heavy atom. The molecule has 2 aliphatic heterocycles. The van der Waals surface area contributed by atoms with E-state index in [9.17, 15) is 9.59 Å². The lowest BCUT2D eigenvalue weighted by Gasteiger charge is -2.24. The van der Waals surface area contributed by atoms with Crippen LogP contribution in [0.1, 0.15) is 48.3 Å². The number of rotatable bonds is 5. The number of aromatic nitrogens is 4. The maximum absolute atomic E-state index is 12.7. The molecule has 2 atom stereocenters. The average molecular weight is 358 g/mol. The standard InChI is InChI=1S/C17H22N6O3/c1-3-5-21-10-18-19-15(21)9-23-13-4-6-22(14(13)8-16(23)24)17(25)12-7-11(2)26-20-12/h7,10,13-14H,3-6,8-9H2,1-2H3/t13-,14-/m0/s1. The summed E-state index contributed by atoms with van der Waals surface area (Å²) in [4.78, 5) is 28.9. The molecule has 2 saturated heterocycles. The fourth-order valence-electron chi connectivity index (χ4n) is 3.98. The fraction of sp³-hybridized carbons (Fsp3) is 0.588. The van der Waals surface area contributed by atoms with Crippen LogP contribution >= 0.6 is 0 Å². The largest absolute Gasteiger partial charge is 0.361 e. The molecule has 4 rings (SSSR count). The van der Waals surface area contributed by atoms with Gasteiger partial charge >= 0.3 is 0 Å². The number of nitrogens with zero attached hydrogens (tertiary/aromatic N) is 6. The summed E-state index contributed by atoms with van der Waals surface area (Å²) in [5.74, 6) is 1.28. The molecule has 0 aromatic carbocycles. The van der Waals surface area contributed by atoms with Crippen LogP contribution in [0.25, 0.3) is 0 Å². The fourth-order valence-corrected chi connectivity index (χ4v) is 3.98. The molecule has 0 N–H and O–H groups in total. The zero-order chi connectivity index (χ0) is 18.3. The van der Waals surface area contributed by atoms with E-state index in [4.69, 9.17) is 4.52 Å². The predicted octanol–water partition coefficient (Wildman–Crippen LogP) is 1.00. The summed E-state index contributed by atoms with van der Waals surface area (Å²) in [6, 6.07) is 1.54. The Bertz CT molecular complexity index is 828. The van der Waals surface area contributed by atoms with Crippen LogP contribution < -0.4 is 0 Å². The topological polar surface area (TPSA) is 97.4 Å². The van der Waals surface area contributed by atoms with Gasteiger partial charge in [-0.15, -0.1) is 10.2 Å². The lowest BCUT2D eigenvalue weighted by atomic mass is 10.1. The van der Waals surface area contributed by atoms with Crippen LogP contribution in [0.15, 0.2) is 16.9 Å². The van der Waals surface area contributed by atoms with Gasteiger partial charge in [0.25, 0.3) is 5.91 Å². The Labute approximate surface area is 150 Å². The number of carbonyl (C=O) groups is 2. The Kier molecular flexibility index (Phi) is 4.21. The zero-order valence-electron chi connectivity index (χ0n) is 15.0. The number of amides is 2. The van der Waals surface area contributed by atoms with Crippen LogP contribution in [0, 0.1) is 6.92 Å². The highest BCUT2D eigenvalue weighted by atomic mass is 16.5. The van der Waals surface area contributed by atoms with E-state index in [0.29, 0.717) is 31.0 Å². The van der Waals surface area contributed by atoms with Crippen LogP contribution in [0.3, 0.4) is 0 Å². The number of fused-ring (bicyclic) bond motifs is 1. The second-order valence-electron chi connectivity index (χ2n) is 6.91. The molecule has 26 heavy (non-hydrogen) atoms. The molecule has 9 heteroatoms. The van der Waals surface area contributed by atoms with E-state index in [1.165, 1.54) is 0 Å². The molecule has 4 heterocycles. The van der Waals surface area contributed by atoms with E-state index in [1.54, 1.807) is 24.2 Å². The SMILES string of the molecule is CCCn1cnnc1CN1C(=O)C[C@H]2[C@@H]1CCN2C(=O)c1cc(C)on1. The zero-order valence-corrected chi connectivity index (χ0v) is 15.0. The first kappa shape index (κ1) is 16.7. The summed E-state index contributed by atoms with van der Waals surface area (Å²) in [6.45, 7) is 5.72. The summed E-state index contributed by atoms with van der Waals surface area (Å²) in [7, 11) is 0. The lowest BCUT2D eigenvalue weighted by molar-refractivity contribution is -0.129. The molecule has 2 aromatic heterocycles. The number of aryl methyl sites for hydroxylation is 2. The van der Waals surface area contributed by atoms with Crippen LogP contribution in [0.2, 0.25) is 0 Å². The van der Waals surface area contributed by atoms with Gasteiger partial charge in [0.15, 0.2) is 11.5 Å². The van der Waals surface area contributed by atoms with Gasteiger partial charge < -0.3 is 18.9 Å². The molecular weight excluding hydrogens is 336 g/mol. The second-order valence-corrected chi connectivity index (χ2v) is 6.91. The van der Waals surface area contributed by atoms with Gasteiger partial charge in [-0.05, 0) is 19.8 Å². The Hall–Kier alpha value is -2.71. The third-order valence-corrected chi connectivity index (χ3v) is 5.19. The number of hydrogen-bond acceptors (Lipinski definition) is 6. The van der Waals surface area contributed by atoms with Crippen LogP contribution in [0.5, 0.6) is 0 Å². The molecule has 2 amide bonds. The first-order valence-electron chi connectivity index (χ1n) is 8.99. The summed E-state index contributed by atoms with van der Waals surface area (Å²) >= 11 is 0. The van der Waals surface area contributed by atoms with E-state index >= 15 is 0 Å². The third-order valence-electron chi connectivity index (χ3n) is 5.19. The first-order chi connectivity index (χ1) is 12.6. The van der Waals surface area contributed by atoms with Gasteiger partial charge in [0, 0.05) is 25.6 Å². The minimum absolute atomic E-state index is 0.0197. The summed E-state index contributed by atoms with van der Waals surface area (Å²) in [6.07, 6.45) is 3.79. The Balaban J connectivity index is 1.50. The summed E-state index contributed by atoms with van der Waals surface area (Å²) in [5.41, 5.74) is 0.303. The average Bonchev–Trinajstić information content (AvgIpc) is 3.36. The highest BCUT2D eigenvalue weighted by Gasteiger charge is 2.49. The van der Waals surface area contributed by atoms with Crippen molar-refractivity contribution in [2.24, 2.45) is 0 Å². The molecule has 2 fully saturated rings. The van der Waals surface area contributed by atoms with Gasteiger partial charge in [-0.3, -0.25) is 9.59 Å². The third kappa shape index (κ3) is 2.77. The van der Waals surface area contributed by atoms with Crippen LogP contribution in [-0.2, 0) is 17.9 Å². The van der Waals surface area contributed by atoms with E-state index in [-0.39, 0.29) is 23.9 Å². The van der Waals surface area contributed by atoms with E-state index in [2.05, 4.69) is 22.3 Å². The molecule has 0 saturated carbocycles. The van der Waals surface area contributed by atoms with Crippen molar-refractivity contribution < 1.29 is 14.1 Å². The highest BCUT2D eigenvalue weighted by Crippen LogP contribution is 2.34. The van der Waals surface area contributed by atoms with Gasteiger partial charge in [0.05, 0.1) is 18.6 Å². The highest BCUT2D eigenvalue weighted by molar-refractivity contribution is 5.93. The number of hydrogen-bond donors (Lipinski definition) is 0. The van der Waals surface area contributed by atoms with Crippen molar-refractivity contribution in [1.82, 2.24) is 29.7 Å². The molecule has 0 spiro atoms. The molecule has 0 unspecified atom stereocenters. The normalized spacial score (nSPS) is 22.3. The first-order valence-corrected chi connectivity index (χ1v) is 8.99. The number of carbonyl (C=O) groups excluding carboxylic acids is 2. The maximum Gasteiger partial charge on any atom is 0.276 e. The van der Waals surface area contributed by atoms with Crippen molar-refractivity contribution >= 4 is 11.8 Å². The molecule has 0 aliphatic carbocycles. The van der Waals surface area contributed by atoms with E-state index in [0.717, 1.165) is 25.2 Å². The second kappa shape index (κ2) is 6.54.